The number of H-pyrrole nitrogens is 1. The normalized spacial score (nSPS) is 11.7. The van der Waals surface area contributed by atoms with Crippen molar-refractivity contribution in [2.24, 2.45) is 0 Å². The number of hydrogen-bond acceptors (Lipinski definition) is 3. The number of hydrogen-bond donors (Lipinski definition) is 3. The zero-order valence-corrected chi connectivity index (χ0v) is 7.93. The maximum absolute atomic E-state index is 11.4. The highest BCUT2D eigenvalue weighted by molar-refractivity contribution is 5.94. The minimum atomic E-state index is -1.09. The summed E-state index contributed by atoms with van der Waals surface area (Å²) >= 11 is 0. The van der Waals surface area contributed by atoms with E-state index < -0.39 is 17.9 Å². The monoisotopic (exact) mass is 209 g/mol. The molecular formula is C9H11N3O3. The largest absolute Gasteiger partial charge is 0.480 e. The maximum atomic E-state index is 11.4. The van der Waals surface area contributed by atoms with Crippen LogP contribution < -0.4 is 5.32 Å². The lowest BCUT2D eigenvalue weighted by Crippen LogP contribution is -2.40. The van der Waals surface area contributed by atoms with Crippen LogP contribution in [0.25, 0.3) is 0 Å². The highest BCUT2D eigenvalue weighted by atomic mass is 16.4. The van der Waals surface area contributed by atoms with Gasteiger partial charge in [0.25, 0.3) is 5.91 Å². The van der Waals surface area contributed by atoms with Crippen LogP contribution in [0.15, 0.2) is 25.2 Å². The summed E-state index contributed by atoms with van der Waals surface area (Å²) in [5.74, 6) is -1.59. The van der Waals surface area contributed by atoms with E-state index in [1.807, 2.05) is 0 Å². The molecule has 0 fully saturated rings. The van der Waals surface area contributed by atoms with Gasteiger partial charge >= 0.3 is 5.97 Å². The summed E-state index contributed by atoms with van der Waals surface area (Å²) in [7, 11) is 0. The lowest BCUT2D eigenvalue weighted by atomic mass is 10.2. The molecule has 1 unspecified atom stereocenters. The Balaban J connectivity index is 2.62. The summed E-state index contributed by atoms with van der Waals surface area (Å²) in [5.41, 5.74) is 0.227. The highest BCUT2D eigenvalue weighted by Gasteiger charge is 2.19. The molecule has 1 aromatic heterocycles. The lowest BCUT2D eigenvalue weighted by Gasteiger charge is -2.11. The molecule has 0 bridgehead atoms. The fourth-order valence-corrected chi connectivity index (χ4v) is 1.00. The molecule has 0 aliphatic carbocycles. The summed E-state index contributed by atoms with van der Waals surface area (Å²) in [4.78, 5) is 28.4. The quantitative estimate of drug-likeness (QED) is 0.602. The van der Waals surface area contributed by atoms with Crippen molar-refractivity contribution in [3.63, 3.8) is 0 Å². The Labute approximate surface area is 86.0 Å². The standard InChI is InChI=1S/C9H11N3O3/c1-2-3-6(9(14)15)12-8(13)7-4-10-5-11-7/h2,4-6H,1,3H2,(H,10,11)(H,12,13)(H,14,15). The number of aliphatic carboxylic acids is 1. The summed E-state index contributed by atoms with van der Waals surface area (Å²) in [6.07, 6.45) is 4.28. The molecule has 0 saturated carbocycles. The molecular weight excluding hydrogens is 198 g/mol. The van der Waals surface area contributed by atoms with Crippen LogP contribution in [0, 0.1) is 0 Å². The first-order valence-electron chi connectivity index (χ1n) is 4.28. The van der Waals surface area contributed by atoms with Crippen molar-refractivity contribution in [1.29, 1.82) is 0 Å². The molecule has 80 valence electrons. The Morgan fingerprint density at radius 2 is 2.47 bits per heavy atom. The van der Waals surface area contributed by atoms with Gasteiger partial charge in [0.05, 0.1) is 12.5 Å². The number of imidazole rings is 1. The molecule has 1 rings (SSSR count). The first-order valence-corrected chi connectivity index (χ1v) is 4.28. The molecule has 0 aromatic carbocycles. The second kappa shape index (κ2) is 4.94. The molecule has 0 aliphatic heterocycles. The lowest BCUT2D eigenvalue weighted by molar-refractivity contribution is -0.139. The van der Waals surface area contributed by atoms with Crippen molar-refractivity contribution in [2.75, 3.05) is 0 Å². The molecule has 0 radical (unpaired) electrons. The van der Waals surface area contributed by atoms with E-state index in [9.17, 15) is 9.59 Å². The predicted molar refractivity (Wildman–Crippen MR) is 52.3 cm³/mol. The van der Waals surface area contributed by atoms with Gasteiger partial charge in [0.15, 0.2) is 0 Å². The van der Waals surface area contributed by atoms with Crippen LogP contribution in [-0.4, -0.2) is 33.0 Å². The molecule has 3 N–H and O–H groups in total. The SMILES string of the molecule is C=CCC(NC(=O)c1cnc[nH]1)C(=O)O. The molecule has 1 heterocycles. The molecule has 1 aromatic rings. The highest BCUT2D eigenvalue weighted by Crippen LogP contribution is 1.97. The number of carboxylic acids is 1. The van der Waals surface area contributed by atoms with Crippen molar-refractivity contribution in [1.82, 2.24) is 15.3 Å². The van der Waals surface area contributed by atoms with Crippen LogP contribution in [0.3, 0.4) is 0 Å². The Bertz CT molecular complexity index is 359. The number of rotatable bonds is 5. The van der Waals surface area contributed by atoms with Gasteiger partial charge in [-0.2, -0.15) is 0 Å². The first-order chi connectivity index (χ1) is 7.15. The predicted octanol–water partition coefficient (Wildman–Crippen LogP) is 0.169. The van der Waals surface area contributed by atoms with Gasteiger partial charge in [-0.1, -0.05) is 6.08 Å². The van der Waals surface area contributed by atoms with Crippen LogP contribution in [0.5, 0.6) is 0 Å². The van der Waals surface area contributed by atoms with E-state index in [2.05, 4.69) is 21.9 Å². The van der Waals surface area contributed by atoms with Gasteiger partial charge in [0.1, 0.15) is 11.7 Å². The smallest absolute Gasteiger partial charge is 0.326 e. The minimum absolute atomic E-state index is 0.176. The van der Waals surface area contributed by atoms with Crippen LogP contribution in [0.4, 0.5) is 0 Å². The van der Waals surface area contributed by atoms with Crippen molar-refractivity contribution in [3.8, 4) is 0 Å². The van der Waals surface area contributed by atoms with Crippen LogP contribution in [0.2, 0.25) is 0 Å². The van der Waals surface area contributed by atoms with Gasteiger partial charge in [-0.25, -0.2) is 9.78 Å². The van der Waals surface area contributed by atoms with E-state index in [1.165, 1.54) is 18.6 Å². The molecule has 0 saturated heterocycles. The number of aromatic nitrogens is 2. The van der Waals surface area contributed by atoms with Gasteiger partial charge < -0.3 is 15.4 Å². The van der Waals surface area contributed by atoms with Gasteiger partial charge in [-0.3, -0.25) is 4.79 Å². The second-order valence-corrected chi connectivity index (χ2v) is 2.85. The van der Waals surface area contributed by atoms with E-state index in [1.54, 1.807) is 0 Å². The fraction of sp³-hybridized carbons (Fsp3) is 0.222. The molecule has 6 nitrogen and oxygen atoms in total. The zero-order chi connectivity index (χ0) is 11.3. The summed E-state index contributed by atoms with van der Waals surface area (Å²) in [5, 5.41) is 11.1. The molecule has 1 atom stereocenters. The Hall–Kier alpha value is -2.11. The number of carboxylic acid groups (broad SMARTS) is 1. The molecule has 15 heavy (non-hydrogen) atoms. The van der Waals surface area contributed by atoms with Gasteiger partial charge in [-0.05, 0) is 6.42 Å². The summed E-state index contributed by atoms with van der Waals surface area (Å²) in [6.45, 7) is 3.42. The number of carbonyl (C=O) groups excluding carboxylic acids is 1. The van der Waals surface area contributed by atoms with Crippen molar-refractivity contribution in [2.45, 2.75) is 12.5 Å². The molecule has 0 spiro atoms. The number of aromatic amines is 1. The van der Waals surface area contributed by atoms with Crippen molar-refractivity contribution in [3.05, 3.63) is 30.9 Å². The second-order valence-electron chi connectivity index (χ2n) is 2.85. The fourth-order valence-electron chi connectivity index (χ4n) is 1.00. The van der Waals surface area contributed by atoms with Crippen molar-refractivity contribution < 1.29 is 14.7 Å². The molecule has 1 amide bonds. The zero-order valence-electron chi connectivity index (χ0n) is 7.93. The Morgan fingerprint density at radius 1 is 1.73 bits per heavy atom. The van der Waals surface area contributed by atoms with Gasteiger partial charge in [0, 0.05) is 0 Å². The van der Waals surface area contributed by atoms with E-state index >= 15 is 0 Å². The first kappa shape index (κ1) is 11.0. The van der Waals surface area contributed by atoms with E-state index in [0.717, 1.165) is 0 Å². The number of nitrogens with zero attached hydrogens (tertiary/aromatic N) is 1. The topological polar surface area (TPSA) is 95.1 Å². The van der Waals surface area contributed by atoms with E-state index in [0.29, 0.717) is 0 Å². The van der Waals surface area contributed by atoms with Crippen LogP contribution in [-0.2, 0) is 4.79 Å². The van der Waals surface area contributed by atoms with E-state index in [4.69, 9.17) is 5.11 Å². The third-order valence-corrected chi connectivity index (χ3v) is 1.75. The average molecular weight is 209 g/mol. The van der Waals surface area contributed by atoms with Gasteiger partial charge in [0.2, 0.25) is 0 Å². The van der Waals surface area contributed by atoms with E-state index in [-0.39, 0.29) is 12.1 Å². The Kier molecular flexibility index (Phi) is 3.61. The summed E-state index contributed by atoms with van der Waals surface area (Å²) < 4.78 is 0. The maximum Gasteiger partial charge on any atom is 0.326 e. The number of carbonyl (C=O) groups is 2. The van der Waals surface area contributed by atoms with Crippen LogP contribution in [0.1, 0.15) is 16.9 Å². The summed E-state index contributed by atoms with van der Waals surface area (Å²) in [6, 6.07) is -0.960. The van der Waals surface area contributed by atoms with Crippen LogP contribution >= 0.6 is 0 Å². The Morgan fingerprint density at radius 3 is 2.93 bits per heavy atom. The molecule has 6 heteroatoms. The van der Waals surface area contributed by atoms with Gasteiger partial charge in [-0.15, -0.1) is 6.58 Å². The minimum Gasteiger partial charge on any atom is -0.480 e. The number of nitrogens with one attached hydrogen (secondary N) is 2. The molecule has 0 aliphatic rings. The third kappa shape index (κ3) is 2.94. The number of amides is 1. The van der Waals surface area contributed by atoms with Crippen molar-refractivity contribution >= 4 is 11.9 Å². The third-order valence-electron chi connectivity index (χ3n) is 1.75. The average Bonchev–Trinajstić information content (AvgIpc) is 2.69.